The summed E-state index contributed by atoms with van der Waals surface area (Å²) in [6, 6.07) is 12.7. The first-order valence-corrected chi connectivity index (χ1v) is 9.27. The molecule has 0 N–H and O–H groups in total. The number of halogens is 2. The van der Waals surface area contributed by atoms with Crippen LogP contribution in [0.1, 0.15) is 6.42 Å². The largest absolute Gasteiger partial charge is 0.369 e. The van der Waals surface area contributed by atoms with Gasteiger partial charge in [-0.25, -0.2) is 9.29 Å². The van der Waals surface area contributed by atoms with Crippen LogP contribution in [0.25, 0.3) is 0 Å². The predicted molar refractivity (Wildman–Crippen MR) is 103 cm³/mol. The van der Waals surface area contributed by atoms with E-state index in [-0.39, 0.29) is 24.1 Å². The number of amides is 2. The maximum absolute atomic E-state index is 13.1. The van der Waals surface area contributed by atoms with Crippen molar-refractivity contribution < 1.29 is 14.0 Å². The van der Waals surface area contributed by atoms with Gasteiger partial charge in [-0.2, -0.15) is 0 Å². The van der Waals surface area contributed by atoms with E-state index in [1.54, 1.807) is 36.4 Å². The lowest BCUT2D eigenvalue weighted by Gasteiger charge is -2.38. The molecule has 0 unspecified atom stereocenters. The number of imide groups is 1. The van der Waals surface area contributed by atoms with Crippen LogP contribution in [0.5, 0.6) is 0 Å². The first kappa shape index (κ1) is 17.9. The molecular weight excluding hydrogens is 369 g/mol. The Bertz CT molecular complexity index is 849. The van der Waals surface area contributed by atoms with Gasteiger partial charge in [0, 0.05) is 36.9 Å². The first-order chi connectivity index (χ1) is 13.0. The quantitative estimate of drug-likeness (QED) is 0.759. The molecule has 2 aliphatic heterocycles. The number of benzene rings is 2. The molecule has 2 heterocycles. The standard InChI is InChI=1S/C20H19ClFN3O2/c21-14-1-5-17(6-2-14)25-19(26)13-18(20(25)27)24-11-9-23(10-12-24)16-7-3-15(22)4-8-16/h1-8,18H,9-13H2/t18-/m0/s1. The highest BCUT2D eigenvalue weighted by Crippen LogP contribution is 2.28. The molecule has 27 heavy (non-hydrogen) atoms. The van der Waals surface area contributed by atoms with Gasteiger partial charge in [-0.15, -0.1) is 0 Å². The lowest BCUT2D eigenvalue weighted by molar-refractivity contribution is -0.123. The molecule has 2 saturated heterocycles. The maximum atomic E-state index is 13.1. The highest BCUT2D eigenvalue weighted by Gasteiger charge is 2.43. The summed E-state index contributed by atoms with van der Waals surface area (Å²) in [7, 11) is 0. The number of carbonyl (C=O) groups excluding carboxylic acids is 2. The van der Waals surface area contributed by atoms with Gasteiger partial charge in [-0.05, 0) is 48.5 Å². The molecule has 1 atom stereocenters. The third kappa shape index (κ3) is 3.55. The second-order valence-corrected chi connectivity index (χ2v) is 7.20. The zero-order valence-electron chi connectivity index (χ0n) is 14.6. The summed E-state index contributed by atoms with van der Waals surface area (Å²) in [6.45, 7) is 2.81. The van der Waals surface area contributed by atoms with Crippen molar-refractivity contribution in [2.24, 2.45) is 0 Å². The van der Waals surface area contributed by atoms with Gasteiger partial charge in [0.05, 0.1) is 18.2 Å². The van der Waals surface area contributed by atoms with Gasteiger partial charge >= 0.3 is 0 Å². The number of hydrogen-bond acceptors (Lipinski definition) is 4. The van der Waals surface area contributed by atoms with Crippen molar-refractivity contribution in [2.45, 2.75) is 12.5 Å². The van der Waals surface area contributed by atoms with E-state index in [0.29, 0.717) is 23.8 Å². The molecule has 2 amide bonds. The Morgan fingerprint density at radius 3 is 2.07 bits per heavy atom. The monoisotopic (exact) mass is 387 g/mol. The van der Waals surface area contributed by atoms with Gasteiger partial charge < -0.3 is 4.90 Å². The van der Waals surface area contributed by atoms with Gasteiger partial charge in [0.2, 0.25) is 5.91 Å². The Morgan fingerprint density at radius 1 is 0.852 bits per heavy atom. The topological polar surface area (TPSA) is 43.9 Å². The van der Waals surface area contributed by atoms with Crippen LogP contribution in [-0.2, 0) is 9.59 Å². The molecule has 0 spiro atoms. The summed E-state index contributed by atoms with van der Waals surface area (Å²) < 4.78 is 13.1. The number of hydrogen-bond donors (Lipinski definition) is 0. The Morgan fingerprint density at radius 2 is 1.44 bits per heavy atom. The number of anilines is 2. The average molecular weight is 388 g/mol. The maximum Gasteiger partial charge on any atom is 0.251 e. The van der Waals surface area contributed by atoms with Crippen molar-refractivity contribution in [3.63, 3.8) is 0 Å². The predicted octanol–water partition coefficient (Wildman–Crippen LogP) is 2.93. The van der Waals surface area contributed by atoms with Crippen molar-refractivity contribution in [1.82, 2.24) is 4.90 Å². The van der Waals surface area contributed by atoms with Crippen molar-refractivity contribution in [3.05, 3.63) is 59.4 Å². The molecule has 0 aromatic heterocycles. The van der Waals surface area contributed by atoms with Crippen molar-refractivity contribution in [3.8, 4) is 0 Å². The van der Waals surface area contributed by atoms with Crippen LogP contribution in [0.3, 0.4) is 0 Å². The lowest BCUT2D eigenvalue weighted by atomic mass is 10.1. The fourth-order valence-corrected chi connectivity index (χ4v) is 3.83. The SMILES string of the molecule is O=C1C[C@H](N2CCN(c3ccc(F)cc3)CC2)C(=O)N1c1ccc(Cl)cc1. The molecule has 2 aliphatic rings. The fraction of sp³-hybridized carbons (Fsp3) is 0.300. The van der Waals surface area contributed by atoms with E-state index in [1.807, 2.05) is 0 Å². The molecule has 2 fully saturated rings. The highest BCUT2D eigenvalue weighted by molar-refractivity contribution is 6.30. The van der Waals surface area contributed by atoms with Crippen molar-refractivity contribution in [1.29, 1.82) is 0 Å². The Balaban J connectivity index is 1.43. The Labute approximate surface area is 161 Å². The molecule has 0 bridgehead atoms. The minimum atomic E-state index is -0.427. The smallest absolute Gasteiger partial charge is 0.251 e. The van der Waals surface area contributed by atoms with Gasteiger partial charge in [-0.3, -0.25) is 14.5 Å². The van der Waals surface area contributed by atoms with Crippen LogP contribution in [0.4, 0.5) is 15.8 Å². The second kappa shape index (κ2) is 7.29. The van der Waals surface area contributed by atoms with Gasteiger partial charge in [0.1, 0.15) is 5.82 Å². The van der Waals surface area contributed by atoms with E-state index >= 15 is 0 Å². The first-order valence-electron chi connectivity index (χ1n) is 8.90. The molecular formula is C20H19ClFN3O2. The third-order valence-electron chi connectivity index (χ3n) is 5.15. The molecule has 140 valence electrons. The Hall–Kier alpha value is -2.44. The highest BCUT2D eigenvalue weighted by atomic mass is 35.5. The zero-order valence-corrected chi connectivity index (χ0v) is 15.4. The van der Waals surface area contributed by atoms with Gasteiger partial charge in [0.25, 0.3) is 5.91 Å². The van der Waals surface area contributed by atoms with Crippen LogP contribution in [0.15, 0.2) is 48.5 Å². The van der Waals surface area contributed by atoms with Gasteiger partial charge in [-0.1, -0.05) is 11.6 Å². The zero-order chi connectivity index (χ0) is 19.0. The van der Waals surface area contributed by atoms with E-state index in [2.05, 4.69) is 9.80 Å². The van der Waals surface area contributed by atoms with Crippen LogP contribution < -0.4 is 9.80 Å². The van der Waals surface area contributed by atoms with E-state index in [1.165, 1.54) is 17.0 Å². The number of nitrogens with zero attached hydrogens (tertiary/aromatic N) is 3. The van der Waals surface area contributed by atoms with E-state index in [9.17, 15) is 14.0 Å². The van der Waals surface area contributed by atoms with E-state index in [0.717, 1.165) is 18.8 Å². The van der Waals surface area contributed by atoms with Gasteiger partial charge in [0.15, 0.2) is 0 Å². The Kier molecular flexibility index (Phi) is 4.85. The summed E-state index contributed by atoms with van der Waals surface area (Å²) >= 11 is 5.89. The van der Waals surface area contributed by atoms with E-state index in [4.69, 9.17) is 11.6 Å². The molecule has 0 radical (unpaired) electrons. The second-order valence-electron chi connectivity index (χ2n) is 6.76. The molecule has 5 nitrogen and oxygen atoms in total. The third-order valence-corrected chi connectivity index (χ3v) is 5.41. The molecule has 0 aliphatic carbocycles. The number of carbonyl (C=O) groups is 2. The van der Waals surface area contributed by atoms with Crippen LogP contribution >= 0.6 is 11.6 Å². The molecule has 2 aromatic rings. The van der Waals surface area contributed by atoms with Crippen LogP contribution in [-0.4, -0.2) is 48.9 Å². The van der Waals surface area contributed by atoms with Crippen LogP contribution in [0.2, 0.25) is 5.02 Å². The summed E-state index contributed by atoms with van der Waals surface area (Å²) in [5, 5.41) is 0.561. The minimum absolute atomic E-state index is 0.183. The summed E-state index contributed by atoms with van der Waals surface area (Å²) in [4.78, 5) is 30.8. The molecule has 0 saturated carbocycles. The normalized spacial score (nSPS) is 21.2. The number of rotatable bonds is 3. The van der Waals surface area contributed by atoms with Crippen molar-refractivity contribution >= 4 is 34.8 Å². The average Bonchev–Trinajstić information content (AvgIpc) is 2.98. The molecule has 7 heteroatoms. The molecule has 2 aromatic carbocycles. The summed E-state index contributed by atoms with van der Waals surface area (Å²) in [5.74, 6) is -0.624. The summed E-state index contributed by atoms with van der Waals surface area (Å²) in [6.07, 6.45) is 0.192. The number of piperazine rings is 1. The van der Waals surface area contributed by atoms with E-state index < -0.39 is 6.04 Å². The lowest BCUT2D eigenvalue weighted by Crippen LogP contribution is -2.52. The van der Waals surface area contributed by atoms with Crippen LogP contribution in [0, 0.1) is 5.82 Å². The fourth-order valence-electron chi connectivity index (χ4n) is 3.71. The molecule has 4 rings (SSSR count). The van der Waals surface area contributed by atoms with Crippen molar-refractivity contribution in [2.75, 3.05) is 36.0 Å². The minimum Gasteiger partial charge on any atom is -0.369 e. The summed E-state index contributed by atoms with van der Waals surface area (Å²) in [5.41, 5.74) is 1.52.